The van der Waals surface area contributed by atoms with Crippen molar-refractivity contribution in [1.29, 1.82) is 0 Å². The van der Waals surface area contributed by atoms with Gasteiger partial charge in [0.2, 0.25) is 0 Å². The van der Waals surface area contributed by atoms with E-state index in [2.05, 4.69) is 46.4 Å². The summed E-state index contributed by atoms with van der Waals surface area (Å²) in [5, 5.41) is 31.7. The van der Waals surface area contributed by atoms with E-state index in [0.717, 1.165) is 5.56 Å². The summed E-state index contributed by atoms with van der Waals surface area (Å²) >= 11 is 0. The Hall–Kier alpha value is -4.57. The van der Waals surface area contributed by atoms with Crippen LogP contribution in [0.1, 0.15) is 17.5 Å². The minimum atomic E-state index is -3.95. The van der Waals surface area contributed by atoms with Gasteiger partial charge in [-0.1, -0.05) is 17.8 Å². The Bertz CT molecular complexity index is 1580. The average molecular weight is 505 g/mol. The zero-order valence-electron chi connectivity index (χ0n) is 18.8. The Kier molecular flexibility index (Phi) is 7.80. The fourth-order valence-electron chi connectivity index (χ4n) is 3.47. The molecule has 9 N–H and O–H groups in total. The summed E-state index contributed by atoms with van der Waals surface area (Å²) < 4.78 is 21.8. The SMILES string of the molecule is NS(=O)(=O)C#CC#Cc1cc([NH3+])cc(-c2ccc([NH3+])cc2C#CC2=CN[C@H](C(=O)[O-])[C@H](C(=O)[O-])C2)c1. The molecule has 0 amide bonds. The van der Waals surface area contributed by atoms with Crippen molar-refractivity contribution in [2.75, 3.05) is 0 Å². The topological polar surface area (TPSA) is 208 Å². The number of allylic oxidation sites excluding steroid dienone is 1. The number of carboxylic acids is 2. The minimum Gasteiger partial charge on any atom is -0.550 e. The number of hydrogen-bond acceptors (Lipinski definition) is 7. The second kappa shape index (κ2) is 10.8. The van der Waals surface area contributed by atoms with Crippen LogP contribution in [-0.4, -0.2) is 26.4 Å². The van der Waals surface area contributed by atoms with E-state index in [1.54, 1.807) is 24.3 Å². The highest BCUT2D eigenvalue weighted by atomic mass is 32.2. The van der Waals surface area contributed by atoms with Crippen LogP contribution in [-0.2, 0) is 19.6 Å². The van der Waals surface area contributed by atoms with Crippen LogP contribution < -0.4 is 32.1 Å². The Morgan fingerprint density at radius 3 is 2.39 bits per heavy atom. The number of nitrogens with two attached hydrogens (primary N) is 1. The molecule has 0 bridgehead atoms. The third-order valence-electron chi connectivity index (χ3n) is 5.04. The standard InChI is InChI=1S/C25H20N4O6S/c26-19-6-7-21(18-9-15(10-20(27)13-18)3-1-2-8-36(28,34)35)17(12-19)5-4-16-11-22(24(30)31)23(25(32)33)29-14-16/h6-7,9-10,12-14,22-23,29H,11,26-27H2,(H,30,31)(H,32,33)(H2,28,34,35)/t22-,23+/m1/s1. The molecule has 11 heteroatoms. The number of carbonyl (C=O) groups excluding carboxylic acids is 2. The third kappa shape index (κ3) is 6.97. The fraction of sp³-hybridized carbons (Fsp3) is 0.120. The summed E-state index contributed by atoms with van der Waals surface area (Å²) in [7, 11) is -3.95. The molecule has 0 aliphatic carbocycles. The fourth-order valence-corrected chi connectivity index (χ4v) is 3.67. The molecule has 1 aliphatic rings. The van der Waals surface area contributed by atoms with Gasteiger partial charge in [-0.05, 0) is 41.7 Å². The quantitative estimate of drug-likeness (QED) is 0.309. The molecule has 1 aliphatic heterocycles. The van der Waals surface area contributed by atoms with Crippen LogP contribution in [0.3, 0.4) is 0 Å². The van der Waals surface area contributed by atoms with Crippen LogP contribution in [0.2, 0.25) is 0 Å². The summed E-state index contributed by atoms with van der Waals surface area (Å²) in [6.07, 6.45) is 1.22. The summed E-state index contributed by atoms with van der Waals surface area (Å²) in [6, 6.07) is 9.19. The normalized spacial score (nSPS) is 16.5. The molecule has 10 nitrogen and oxygen atoms in total. The van der Waals surface area contributed by atoms with Gasteiger partial charge in [-0.15, -0.1) is 0 Å². The number of carboxylic acid groups (broad SMARTS) is 2. The summed E-state index contributed by atoms with van der Waals surface area (Å²) in [5.74, 6) is 8.86. The number of quaternary nitrogens is 2. The van der Waals surface area contributed by atoms with Crippen molar-refractivity contribution in [3.63, 3.8) is 0 Å². The zero-order valence-corrected chi connectivity index (χ0v) is 19.6. The molecule has 0 radical (unpaired) electrons. The van der Waals surface area contributed by atoms with Crippen LogP contribution in [0.5, 0.6) is 0 Å². The van der Waals surface area contributed by atoms with Gasteiger partial charge in [0.15, 0.2) is 0 Å². The molecule has 2 aromatic carbocycles. The van der Waals surface area contributed by atoms with E-state index in [9.17, 15) is 28.2 Å². The maximum Gasteiger partial charge on any atom is 0.278 e. The smallest absolute Gasteiger partial charge is 0.278 e. The Morgan fingerprint density at radius 1 is 0.972 bits per heavy atom. The van der Waals surface area contributed by atoms with Gasteiger partial charge in [-0.25, -0.2) is 5.14 Å². The van der Waals surface area contributed by atoms with E-state index in [0.29, 0.717) is 33.6 Å². The van der Waals surface area contributed by atoms with Crippen LogP contribution in [0.25, 0.3) is 11.1 Å². The van der Waals surface area contributed by atoms with Crippen LogP contribution >= 0.6 is 0 Å². The van der Waals surface area contributed by atoms with Crippen molar-refractivity contribution in [3.05, 3.63) is 59.3 Å². The molecular formula is C25H20N4O6S. The van der Waals surface area contributed by atoms with Crippen molar-refractivity contribution >= 4 is 33.3 Å². The summed E-state index contributed by atoms with van der Waals surface area (Å²) in [4.78, 5) is 22.6. The maximum atomic E-state index is 11.4. The first-order valence-corrected chi connectivity index (χ1v) is 11.9. The number of aliphatic carboxylic acids is 2. The predicted octanol–water partition coefficient (Wildman–Crippen LogP) is -3.59. The molecule has 0 saturated heterocycles. The highest BCUT2D eigenvalue weighted by Gasteiger charge is 2.27. The van der Waals surface area contributed by atoms with Gasteiger partial charge in [-0.2, -0.15) is 8.42 Å². The highest BCUT2D eigenvalue weighted by molar-refractivity contribution is 7.93. The van der Waals surface area contributed by atoms with Gasteiger partial charge in [0.25, 0.3) is 10.0 Å². The van der Waals surface area contributed by atoms with Crippen LogP contribution in [0.4, 0.5) is 11.4 Å². The largest absolute Gasteiger partial charge is 0.550 e. The first-order valence-electron chi connectivity index (χ1n) is 10.3. The molecule has 3 rings (SSSR count). The molecule has 2 aromatic rings. The maximum absolute atomic E-state index is 11.4. The lowest BCUT2D eigenvalue weighted by atomic mass is 9.89. The molecule has 1 heterocycles. The lowest BCUT2D eigenvalue weighted by Crippen LogP contribution is -2.55. The lowest BCUT2D eigenvalue weighted by Gasteiger charge is -2.32. The molecule has 36 heavy (non-hydrogen) atoms. The first kappa shape index (κ1) is 26.0. The van der Waals surface area contributed by atoms with Gasteiger partial charge >= 0.3 is 0 Å². The second-order valence-corrected chi connectivity index (χ2v) is 9.13. The number of hydrogen-bond donors (Lipinski definition) is 4. The van der Waals surface area contributed by atoms with E-state index < -0.39 is 33.9 Å². The number of sulfonamides is 1. The van der Waals surface area contributed by atoms with Crippen LogP contribution in [0.15, 0.2) is 48.2 Å². The number of nitrogens with one attached hydrogen (secondary N) is 1. The van der Waals surface area contributed by atoms with Crippen molar-refractivity contribution in [3.8, 4) is 46.0 Å². The second-order valence-electron chi connectivity index (χ2n) is 7.83. The molecule has 2 atom stereocenters. The molecule has 182 valence electrons. The van der Waals surface area contributed by atoms with Crippen molar-refractivity contribution in [2.45, 2.75) is 12.5 Å². The van der Waals surface area contributed by atoms with Crippen molar-refractivity contribution in [1.82, 2.24) is 5.32 Å². The van der Waals surface area contributed by atoms with Gasteiger partial charge in [-0.3, -0.25) is 0 Å². The Morgan fingerprint density at radius 2 is 1.72 bits per heavy atom. The monoisotopic (exact) mass is 504 g/mol. The molecule has 0 aromatic heterocycles. The highest BCUT2D eigenvalue weighted by Crippen LogP contribution is 2.28. The number of benzene rings is 2. The van der Waals surface area contributed by atoms with Gasteiger partial charge in [0.05, 0.1) is 17.3 Å². The summed E-state index contributed by atoms with van der Waals surface area (Å²) in [6.45, 7) is 0. The Balaban J connectivity index is 1.99. The van der Waals surface area contributed by atoms with Gasteiger partial charge in [0, 0.05) is 58.9 Å². The first-order chi connectivity index (χ1) is 16.9. The van der Waals surface area contributed by atoms with E-state index in [-0.39, 0.29) is 6.42 Å². The van der Waals surface area contributed by atoms with Gasteiger partial charge < -0.3 is 36.6 Å². The Labute approximate surface area is 207 Å². The number of primary sulfonamides is 1. The lowest BCUT2D eigenvalue weighted by molar-refractivity contribution is -0.323. The van der Waals surface area contributed by atoms with Crippen molar-refractivity contribution < 1.29 is 39.7 Å². The van der Waals surface area contributed by atoms with Crippen molar-refractivity contribution in [2.24, 2.45) is 11.1 Å². The molecular weight excluding hydrogens is 484 g/mol. The molecule has 0 spiro atoms. The van der Waals surface area contributed by atoms with Gasteiger partial charge in [0.1, 0.15) is 11.4 Å². The third-order valence-corrected chi connectivity index (χ3v) is 5.43. The minimum absolute atomic E-state index is 0.131. The van der Waals surface area contributed by atoms with E-state index >= 15 is 0 Å². The number of rotatable bonds is 3. The number of carbonyl (C=O) groups is 2. The average Bonchev–Trinajstić information content (AvgIpc) is 2.79. The molecule has 0 fully saturated rings. The van der Waals surface area contributed by atoms with E-state index in [1.807, 2.05) is 17.4 Å². The predicted molar refractivity (Wildman–Crippen MR) is 125 cm³/mol. The van der Waals surface area contributed by atoms with E-state index in [1.165, 1.54) is 6.20 Å². The summed E-state index contributed by atoms with van der Waals surface area (Å²) in [5.41, 5.74) is 12.1. The van der Waals surface area contributed by atoms with Crippen LogP contribution in [0, 0.1) is 40.8 Å². The molecule has 0 unspecified atom stereocenters. The molecule has 0 saturated carbocycles. The zero-order chi connectivity index (χ0) is 26.5. The van der Waals surface area contributed by atoms with E-state index in [4.69, 9.17) is 5.14 Å².